The Morgan fingerprint density at radius 1 is 1.20 bits per heavy atom. The third kappa shape index (κ3) is 3.18. The number of hydrogen-bond donors (Lipinski definition) is 0. The Morgan fingerprint density at radius 2 is 1.80 bits per heavy atom. The van der Waals surface area contributed by atoms with Gasteiger partial charge in [0.1, 0.15) is 0 Å². The molecule has 3 radical (unpaired) electrons. The van der Waals surface area contributed by atoms with Crippen LogP contribution in [0, 0.1) is 0 Å². The summed E-state index contributed by atoms with van der Waals surface area (Å²) in [7, 11) is 3.12. The van der Waals surface area contributed by atoms with Gasteiger partial charge in [-0.05, 0) is 30.4 Å². The monoisotopic (exact) mass is 219 g/mol. The minimum absolute atomic E-state index is 0.108. The third-order valence-electron chi connectivity index (χ3n) is 2.86. The topological polar surface area (TPSA) is 9.23 Å². The predicted molar refractivity (Wildman–Crippen MR) is 65.0 cm³/mol. The molecule has 2 unspecified atom stereocenters. The van der Waals surface area contributed by atoms with Crippen molar-refractivity contribution in [1.82, 2.24) is 0 Å². The van der Waals surface area contributed by atoms with Crippen molar-refractivity contribution in [3.05, 3.63) is 35.4 Å². The number of benzene rings is 1. The maximum absolute atomic E-state index is 5.21. The molecule has 15 heavy (non-hydrogen) atoms. The molecule has 0 saturated carbocycles. The van der Waals surface area contributed by atoms with Gasteiger partial charge in [-0.1, -0.05) is 44.5 Å². The van der Waals surface area contributed by atoms with Crippen LogP contribution < -0.4 is 0 Å². The fourth-order valence-corrected chi connectivity index (χ4v) is 2.11. The normalized spacial score (nSPS) is 14.9. The molecule has 0 N–H and O–H groups in total. The number of hydrogen-bond acceptors (Lipinski definition) is 1. The van der Waals surface area contributed by atoms with Gasteiger partial charge in [-0.2, -0.15) is 0 Å². The Morgan fingerprint density at radius 3 is 2.33 bits per heavy atom. The first kappa shape index (κ1) is 12.5. The summed E-state index contributed by atoms with van der Waals surface area (Å²) in [6.07, 6.45) is 2.56. The quantitative estimate of drug-likeness (QED) is 0.685. The van der Waals surface area contributed by atoms with E-state index >= 15 is 0 Å². The highest BCUT2D eigenvalue weighted by atomic mass is 28.2. The zero-order valence-corrected chi connectivity index (χ0v) is 10.8. The molecule has 2 heteroatoms. The van der Waals surface area contributed by atoms with Crippen molar-refractivity contribution in [3.8, 4) is 0 Å². The third-order valence-corrected chi connectivity index (χ3v) is 3.22. The van der Waals surface area contributed by atoms with Crippen molar-refractivity contribution in [1.29, 1.82) is 0 Å². The summed E-state index contributed by atoms with van der Waals surface area (Å²) in [5.41, 5.74) is 2.69. The summed E-state index contributed by atoms with van der Waals surface area (Å²) < 4.78 is 5.21. The molecule has 0 fully saturated rings. The van der Waals surface area contributed by atoms with Crippen LogP contribution in [0.5, 0.6) is 0 Å². The Hall–Kier alpha value is -0.603. The van der Waals surface area contributed by atoms with Crippen LogP contribution in [-0.4, -0.2) is 10.5 Å². The van der Waals surface area contributed by atoms with Crippen molar-refractivity contribution >= 4 is 10.5 Å². The van der Waals surface area contributed by atoms with E-state index in [9.17, 15) is 0 Å². The lowest BCUT2D eigenvalue weighted by Gasteiger charge is -2.19. The van der Waals surface area contributed by atoms with Crippen LogP contribution >= 0.6 is 0 Å². The van der Waals surface area contributed by atoms with Crippen LogP contribution in [0.4, 0.5) is 0 Å². The average Bonchev–Trinajstić information content (AvgIpc) is 2.28. The van der Waals surface area contributed by atoms with E-state index in [4.69, 9.17) is 4.43 Å². The van der Waals surface area contributed by atoms with Gasteiger partial charge in [0.05, 0.1) is 6.10 Å². The van der Waals surface area contributed by atoms with Crippen molar-refractivity contribution in [2.45, 2.75) is 45.6 Å². The Balaban J connectivity index is 2.95. The van der Waals surface area contributed by atoms with Crippen LogP contribution in [0.25, 0.3) is 0 Å². The molecule has 1 rings (SSSR count). The van der Waals surface area contributed by atoms with Gasteiger partial charge in [0.15, 0.2) is 0 Å². The van der Waals surface area contributed by atoms with E-state index in [2.05, 4.69) is 55.5 Å². The minimum atomic E-state index is 0.108. The molecule has 0 bridgehead atoms. The first-order valence-electron chi connectivity index (χ1n) is 5.61. The molecular formula is C13H19OSi. The van der Waals surface area contributed by atoms with Crippen LogP contribution in [0.2, 0.25) is 0 Å². The van der Waals surface area contributed by atoms with Crippen molar-refractivity contribution in [2.75, 3.05) is 0 Å². The smallest absolute Gasteiger partial charge is 0.247 e. The van der Waals surface area contributed by atoms with Gasteiger partial charge in [-0.15, -0.1) is 0 Å². The Labute approximate surface area is 96.4 Å². The molecule has 0 heterocycles. The van der Waals surface area contributed by atoms with Gasteiger partial charge >= 0.3 is 0 Å². The molecule has 1 nitrogen and oxygen atoms in total. The zero-order chi connectivity index (χ0) is 11.3. The maximum atomic E-state index is 5.21. The van der Waals surface area contributed by atoms with Crippen molar-refractivity contribution < 1.29 is 4.43 Å². The summed E-state index contributed by atoms with van der Waals surface area (Å²) in [4.78, 5) is 0. The summed E-state index contributed by atoms with van der Waals surface area (Å²) >= 11 is 0. The maximum Gasteiger partial charge on any atom is 0.247 e. The van der Waals surface area contributed by atoms with Crippen LogP contribution in [0.1, 0.15) is 56.8 Å². The molecule has 1 aromatic carbocycles. The largest absolute Gasteiger partial charge is 0.412 e. The van der Waals surface area contributed by atoms with E-state index < -0.39 is 0 Å². The average molecular weight is 219 g/mol. The second-order valence-electron chi connectivity index (χ2n) is 4.08. The molecule has 0 saturated heterocycles. The Kier molecular flexibility index (Phi) is 5.06. The summed E-state index contributed by atoms with van der Waals surface area (Å²) in [5.74, 6) is 0.607. The molecule has 0 aliphatic rings. The standard InChI is InChI=1S/C13H19OSi/c1-4-7-10(2)12-8-5-6-9-13(12)11(3)14-15/h5-6,8-11H,4,7H2,1-3H3. The molecular weight excluding hydrogens is 200 g/mol. The van der Waals surface area contributed by atoms with Gasteiger partial charge in [-0.3, -0.25) is 0 Å². The lowest BCUT2D eigenvalue weighted by atomic mass is 9.90. The molecule has 0 aliphatic carbocycles. The lowest BCUT2D eigenvalue weighted by Crippen LogP contribution is -2.04. The molecule has 2 atom stereocenters. The highest BCUT2D eigenvalue weighted by Gasteiger charge is 2.13. The highest BCUT2D eigenvalue weighted by Crippen LogP contribution is 2.28. The van der Waals surface area contributed by atoms with E-state index in [1.807, 2.05) is 0 Å². The molecule has 0 amide bonds. The van der Waals surface area contributed by atoms with Gasteiger partial charge < -0.3 is 4.43 Å². The minimum Gasteiger partial charge on any atom is -0.412 e. The Bertz CT molecular complexity index is 298. The highest BCUT2D eigenvalue weighted by molar-refractivity contribution is 5.98. The van der Waals surface area contributed by atoms with Gasteiger partial charge in [0, 0.05) is 0 Å². The zero-order valence-electron chi connectivity index (χ0n) is 9.79. The first-order chi connectivity index (χ1) is 7.20. The fourth-order valence-electron chi connectivity index (χ4n) is 1.98. The first-order valence-corrected chi connectivity index (χ1v) is 6.02. The van der Waals surface area contributed by atoms with E-state index in [0.29, 0.717) is 5.92 Å². The van der Waals surface area contributed by atoms with E-state index in [1.54, 1.807) is 0 Å². The second kappa shape index (κ2) is 6.08. The van der Waals surface area contributed by atoms with Gasteiger partial charge in [0.2, 0.25) is 10.5 Å². The summed E-state index contributed by atoms with van der Waals surface area (Å²) in [5, 5.41) is 0. The molecule has 0 aromatic heterocycles. The van der Waals surface area contributed by atoms with E-state index in [1.165, 1.54) is 24.0 Å². The van der Waals surface area contributed by atoms with Crippen molar-refractivity contribution in [3.63, 3.8) is 0 Å². The van der Waals surface area contributed by atoms with Gasteiger partial charge in [0.25, 0.3) is 0 Å². The SMILES string of the molecule is CCCC(C)c1ccccc1C(C)O[Si]. The molecule has 1 aromatic rings. The van der Waals surface area contributed by atoms with E-state index in [-0.39, 0.29) is 6.10 Å². The second-order valence-corrected chi connectivity index (χ2v) is 4.31. The fraction of sp³-hybridized carbons (Fsp3) is 0.538. The molecule has 0 aliphatic heterocycles. The van der Waals surface area contributed by atoms with Gasteiger partial charge in [-0.25, -0.2) is 0 Å². The van der Waals surface area contributed by atoms with Crippen molar-refractivity contribution in [2.24, 2.45) is 0 Å². The van der Waals surface area contributed by atoms with Crippen LogP contribution in [0.15, 0.2) is 24.3 Å². The van der Waals surface area contributed by atoms with Crippen LogP contribution in [0.3, 0.4) is 0 Å². The van der Waals surface area contributed by atoms with E-state index in [0.717, 1.165) is 0 Å². The van der Waals surface area contributed by atoms with Crippen LogP contribution in [-0.2, 0) is 4.43 Å². The summed E-state index contributed by atoms with van der Waals surface area (Å²) in [6.45, 7) is 6.57. The number of rotatable bonds is 5. The predicted octanol–water partition coefficient (Wildman–Crippen LogP) is 3.75. The lowest BCUT2D eigenvalue weighted by molar-refractivity contribution is 0.248. The molecule has 0 spiro atoms. The summed E-state index contributed by atoms with van der Waals surface area (Å²) in [6, 6.07) is 8.52. The molecule has 81 valence electrons.